The van der Waals surface area contributed by atoms with E-state index in [2.05, 4.69) is 29.6 Å². The van der Waals surface area contributed by atoms with Crippen molar-refractivity contribution < 1.29 is 9.84 Å². The Morgan fingerprint density at radius 1 is 1.32 bits per heavy atom. The maximum Gasteiger partial charge on any atom is 0.0710 e. The van der Waals surface area contributed by atoms with Gasteiger partial charge in [-0.05, 0) is 31.0 Å². The highest BCUT2D eigenvalue weighted by atomic mass is 32.2. The fourth-order valence-electron chi connectivity index (χ4n) is 1.45. The van der Waals surface area contributed by atoms with Gasteiger partial charge in [-0.25, -0.2) is 0 Å². The van der Waals surface area contributed by atoms with Gasteiger partial charge < -0.3 is 15.2 Å². The number of hydrogen-bond acceptors (Lipinski definition) is 4. The first-order chi connectivity index (χ1) is 9.07. The molecule has 0 fully saturated rings. The highest BCUT2D eigenvalue weighted by Gasteiger charge is 2.17. The Kier molecular flexibility index (Phi) is 7.46. The van der Waals surface area contributed by atoms with Crippen LogP contribution in [0.25, 0.3) is 0 Å². The molecule has 0 amide bonds. The molecule has 1 aromatic rings. The van der Waals surface area contributed by atoms with Crippen LogP contribution >= 0.6 is 11.8 Å². The molecule has 4 heteroatoms. The van der Waals surface area contributed by atoms with E-state index in [1.807, 2.05) is 13.8 Å². The van der Waals surface area contributed by atoms with Gasteiger partial charge in [0.15, 0.2) is 0 Å². The van der Waals surface area contributed by atoms with Crippen LogP contribution in [0.5, 0.6) is 0 Å². The van der Waals surface area contributed by atoms with Crippen molar-refractivity contribution in [2.75, 3.05) is 26.0 Å². The summed E-state index contributed by atoms with van der Waals surface area (Å²) < 4.78 is 4.98. The van der Waals surface area contributed by atoms with E-state index in [0.717, 1.165) is 31.9 Å². The molecule has 3 nitrogen and oxygen atoms in total. The predicted octanol–water partition coefficient (Wildman–Crippen LogP) is 2.68. The van der Waals surface area contributed by atoms with E-state index < -0.39 is 5.60 Å². The van der Waals surface area contributed by atoms with Crippen LogP contribution in [0.3, 0.4) is 0 Å². The lowest BCUT2D eigenvalue weighted by Crippen LogP contribution is -2.25. The molecule has 0 heterocycles. The molecule has 108 valence electrons. The number of rotatable bonds is 9. The van der Waals surface area contributed by atoms with Crippen LogP contribution in [-0.2, 0) is 11.3 Å². The standard InChI is InChI=1S/C15H25NO2S/c1-4-15(2,17)12-19-14-7-5-13(6-8-14)11-16-9-10-18-3/h5-8,16-17H,4,9-12H2,1-3H3. The molecule has 0 aliphatic rings. The largest absolute Gasteiger partial charge is 0.389 e. The normalized spacial score (nSPS) is 14.3. The minimum atomic E-state index is -0.578. The number of ether oxygens (including phenoxy) is 1. The smallest absolute Gasteiger partial charge is 0.0710 e. The van der Waals surface area contributed by atoms with Gasteiger partial charge >= 0.3 is 0 Å². The third-order valence-electron chi connectivity index (χ3n) is 3.05. The second-order valence-electron chi connectivity index (χ2n) is 4.95. The average molecular weight is 283 g/mol. The van der Waals surface area contributed by atoms with Gasteiger partial charge in [-0.2, -0.15) is 0 Å². The summed E-state index contributed by atoms with van der Waals surface area (Å²) in [6.45, 7) is 6.36. The maximum absolute atomic E-state index is 9.96. The maximum atomic E-state index is 9.96. The van der Waals surface area contributed by atoms with Crippen LogP contribution in [0.4, 0.5) is 0 Å². The van der Waals surface area contributed by atoms with Crippen molar-refractivity contribution in [2.24, 2.45) is 0 Å². The fourth-order valence-corrected chi connectivity index (χ4v) is 2.46. The van der Waals surface area contributed by atoms with E-state index in [0.29, 0.717) is 0 Å². The van der Waals surface area contributed by atoms with E-state index in [9.17, 15) is 5.11 Å². The Morgan fingerprint density at radius 3 is 2.58 bits per heavy atom. The van der Waals surface area contributed by atoms with Crippen molar-refractivity contribution in [1.82, 2.24) is 5.32 Å². The van der Waals surface area contributed by atoms with E-state index in [1.54, 1.807) is 18.9 Å². The van der Waals surface area contributed by atoms with Crippen molar-refractivity contribution in [3.8, 4) is 0 Å². The van der Waals surface area contributed by atoms with Gasteiger partial charge in [0.05, 0.1) is 12.2 Å². The van der Waals surface area contributed by atoms with Gasteiger partial charge in [0.2, 0.25) is 0 Å². The van der Waals surface area contributed by atoms with Gasteiger partial charge in [0, 0.05) is 30.8 Å². The third kappa shape index (κ3) is 6.97. The molecule has 0 spiro atoms. The van der Waals surface area contributed by atoms with Crippen molar-refractivity contribution in [3.63, 3.8) is 0 Å². The number of thioether (sulfide) groups is 1. The summed E-state index contributed by atoms with van der Waals surface area (Å²) in [6, 6.07) is 8.49. The van der Waals surface area contributed by atoms with Gasteiger partial charge in [-0.3, -0.25) is 0 Å². The summed E-state index contributed by atoms with van der Waals surface area (Å²) >= 11 is 1.70. The Bertz CT molecular complexity index is 352. The van der Waals surface area contributed by atoms with Gasteiger partial charge in [0.25, 0.3) is 0 Å². The molecule has 0 saturated carbocycles. The Hall–Kier alpha value is -0.550. The van der Waals surface area contributed by atoms with Crippen LogP contribution in [-0.4, -0.2) is 36.7 Å². The SMILES string of the molecule is CCC(C)(O)CSc1ccc(CNCCOC)cc1. The van der Waals surface area contributed by atoms with Crippen LogP contribution in [0.1, 0.15) is 25.8 Å². The van der Waals surface area contributed by atoms with E-state index in [4.69, 9.17) is 4.74 Å². The van der Waals surface area contributed by atoms with Gasteiger partial charge in [-0.15, -0.1) is 11.8 Å². The van der Waals surface area contributed by atoms with Crippen LogP contribution in [0, 0.1) is 0 Å². The van der Waals surface area contributed by atoms with Crippen LogP contribution in [0.15, 0.2) is 29.2 Å². The molecular formula is C15H25NO2S. The summed E-state index contributed by atoms with van der Waals surface area (Å²) in [6.07, 6.45) is 0.779. The van der Waals surface area contributed by atoms with Gasteiger partial charge in [-0.1, -0.05) is 19.1 Å². The van der Waals surface area contributed by atoms with Crippen molar-refractivity contribution >= 4 is 11.8 Å². The van der Waals surface area contributed by atoms with Crippen LogP contribution < -0.4 is 5.32 Å². The van der Waals surface area contributed by atoms with Crippen molar-refractivity contribution in [2.45, 2.75) is 37.3 Å². The predicted molar refractivity (Wildman–Crippen MR) is 81.7 cm³/mol. The van der Waals surface area contributed by atoms with Gasteiger partial charge in [0.1, 0.15) is 0 Å². The Labute approximate surface area is 120 Å². The summed E-state index contributed by atoms with van der Waals surface area (Å²) in [7, 11) is 1.71. The molecule has 0 aliphatic heterocycles. The molecule has 0 aromatic heterocycles. The zero-order valence-electron chi connectivity index (χ0n) is 12.1. The highest BCUT2D eigenvalue weighted by Crippen LogP contribution is 2.24. The summed E-state index contributed by atoms with van der Waals surface area (Å²) in [4.78, 5) is 1.20. The third-order valence-corrected chi connectivity index (χ3v) is 4.42. The number of aliphatic hydroxyl groups is 1. The second kappa shape index (κ2) is 8.59. The summed E-state index contributed by atoms with van der Waals surface area (Å²) in [5, 5.41) is 13.3. The topological polar surface area (TPSA) is 41.5 Å². The lowest BCUT2D eigenvalue weighted by molar-refractivity contribution is 0.0816. The number of benzene rings is 1. The molecule has 2 N–H and O–H groups in total. The summed E-state index contributed by atoms with van der Waals surface area (Å²) in [5.41, 5.74) is 0.688. The molecule has 1 aromatic carbocycles. The molecular weight excluding hydrogens is 258 g/mol. The number of methoxy groups -OCH3 is 1. The molecule has 0 radical (unpaired) electrons. The van der Waals surface area contributed by atoms with Crippen LogP contribution in [0.2, 0.25) is 0 Å². The lowest BCUT2D eigenvalue weighted by atomic mass is 10.1. The molecule has 1 atom stereocenters. The van der Waals surface area contributed by atoms with E-state index >= 15 is 0 Å². The second-order valence-corrected chi connectivity index (χ2v) is 6.00. The quantitative estimate of drug-likeness (QED) is 0.540. The van der Waals surface area contributed by atoms with E-state index in [-0.39, 0.29) is 0 Å². The Balaban J connectivity index is 2.35. The molecule has 1 unspecified atom stereocenters. The molecule has 0 bridgehead atoms. The average Bonchev–Trinajstić information content (AvgIpc) is 2.43. The summed E-state index contributed by atoms with van der Waals surface area (Å²) in [5.74, 6) is 0.731. The zero-order valence-corrected chi connectivity index (χ0v) is 12.9. The first-order valence-corrected chi connectivity index (χ1v) is 7.70. The highest BCUT2D eigenvalue weighted by molar-refractivity contribution is 7.99. The van der Waals surface area contributed by atoms with E-state index in [1.165, 1.54) is 10.5 Å². The zero-order chi connectivity index (χ0) is 14.1. The molecule has 1 rings (SSSR count). The van der Waals surface area contributed by atoms with Crippen molar-refractivity contribution in [1.29, 1.82) is 0 Å². The Morgan fingerprint density at radius 2 is 2.00 bits per heavy atom. The number of hydrogen-bond donors (Lipinski definition) is 2. The first-order valence-electron chi connectivity index (χ1n) is 6.71. The monoisotopic (exact) mass is 283 g/mol. The molecule has 0 saturated heterocycles. The minimum absolute atomic E-state index is 0.578. The molecule has 0 aliphatic carbocycles. The first kappa shape index (κ1) is 16.5. The number of nitrogens with one attached hydrogen (secondary N) is 1. The van der Waals surface area contributed by atoms with Crippen molar-refractivity contribution in [3.05, 3.63) is 29.8 Å². The lowest BCUT2D eigenvalue weighted by Gasteiger charge is -2.20. The molecule has 19 heavy (non-hydrogen) atoms. The fraction of sp³-hybridized carbons (Fsp3) is 0.600. The minimum Gasteiger partial charge on any atom is -0.389 e.